The van der Waals surface area contributed by atoms with Gasteiger partial charge < -0.3 is 20.5 Å². The first-order chi connectivity index (χ1) is 18.4. The zero-order valence-electron chi connectivity index (χ0n) is 20.3. The van der Waals surface area contributed by atoms with Crippen LogP contribution in [0.5, 0.6) is 11.6 Å². The van der Waals surface area contributed by atoms with Gasteiger partial charge in [-0.15, -0.1) is 10.2 Å². The fourth-order valence-corrected chi connectivity index (χ4v) is 5.20. The molecule has 0 spiro atoms. The number of carbonyl (C=O) groups excluding carboxylic acids is 1. The van der Waals surface area contributed by atoms with Gasteiger partial charge in [0.05, 0.1) is 16.0 Å². The molecule has 0 bridgehead atoms. The van der Waals surface area contributed by atoms with E-state index in [1.807, 2.05) is 13.8 Å². The van der Waals surface area contributed by atoms with Crippen molar-refractivity contribution in [1.82, 2.24) is 10.3 Å². The van der Waals surface area contributed by atoms with E-state index in [4.69, 9.17) is 12.2 Å². The molecule has 1 aliphatic heterocycles. The van der Waals surface area contributed by atoms with Crippen LogP contribution in [0.4, 0.5) is 24.5 Å². The Hall–Kier alpha value is -4.16. The summed E-state index contributed by atoms with van der Waals surface area (Å²) in [5.74, 6) is -1.07. The Morgan fingerprint density at radius 1 is 1.00 bits per heavy atom. The number of nitrogens with one attached hydrogen (secondary N) is 2. The molecular weight excluding hydrogens is 549 g/mol. The number of aryl methyl sites for hydroxylation is 2. The van der Waals surface area contributed by atoms with Crippen molar-refractivity contribution in [1.29, 1.82) is 0 Å². The zero-order valence-corrected chi connectivity index (χ0v) is 22.0. The number of nitrogens with zero attached hydrogens (tertiary/aromatic N) is 2. The molecule has 1 aromatic heterocycles. The lowest BCUT2D eigenvalue weighted by Gasteiger charge is -2.15. The monoisotopic (exact) mass is 568 g/mol. The Bertz CT molecular complexity index is 1740. The van der Waals surface area contributed by atoms with Crippen molar-refractivity contribution in [2.75, 3.05) is 0 Å². The van der Waals surface area contributed by atoms with Crippen molar-refractivity contribution in [2.24, 2.45) is 10.2 Å². The van der Waals surface area contributed by atoms with E-state index in [2.05, 4.69) is 20.5 Å². The highest BCUT2D eigenvalue weighted by molar-refractivity contribution is 8.26. The lowest BCUT2D eigenvalue weighted by Crippen LogP contribution is -2.17. The van der Waals surface area contributed by atoms with Crippen molar-refractivity contribution < 1.29 is 28.2 Å². The number of azo groups is 1. The van der Waals surface area contributed by atoms with Gasteiger partial charge in [0.2, 0.25) is 5.88 Å². The maximum atomic E-state index is 14.0. The summed E-state index contributed by atoms with van der Waals surface area (Å²) in [5, 5.41) is 31.8. The molecule has 7 nitrogen and oxygen atoms in total. The molecule has 2 heterocycles. The number of thiocarbonyl (C=S) groups is 1. The summed E-state index contributed by atoms with van der Waals surface area (Å²) >= 11 is 6.06. The standard InChI is InChI=1S/C27H19F3N4O3S2/c1-12-3-5-15(9-13(12)2)21-17(27(28,29)30)7-6-16-22(21)31-25(37)23(16)34-33-18-8-4-14(10-19(18)35)11-20-24(36)32-26(38)39-20/h3-11,31,35,37H,1-2H3,(H,32,36,38). The first-order valence-electron chi connectivity index (χ1n) is 11.4. The van der Waals surface area contributed by atoms with Gasteiger partial charge in [0.25, 0.3) is 5.91 Å². The smallest absolute Gasteiger partial charge is 0.417 e. The maximum absolute atomic E-state index is 14.0. The fourth-order valence-electron chi connectivity index (χ4n) is 4.16. The molecule has 1 saturated heterocycles. The summed E-state index contributed by atoms with van der Waals surface area (Å²) in [7, 11) is 0. The molecule has 4 N–H and O–H groups in total. The summed E-state index contributed by atoms with van der Waals surface area (Å²) in [6.45, 7) is 3.67. The van der Waals surface area contributed by atoms with Gasteiger partial charge in [-0.25, -0.2) is 0 Å². The van der Waals surface area contributed by atoms with Crippen molar-refractivity contribution in [3.63, 3.8) is 0 Å². The van der Waals surface area contributed by atoms with E-state index < -0.39 is 17.6 Å². The molecule has 1 fully saturated rings. The van der Waals surface area contributed by atoms with Crippen molar-refractivity contribution in [3.05, 3.63) is 75.7 Å². The summed E-state index contributed by atoms with van der Waals surface area (Å²) in [6, 6.07) is 11.6. The van der Waals surface area contributed by atoms with Gasteiger partial charge >= 0.3 is 6.18 Å². The van der Waals surface area contributed by atoms with Gasteiger partial charge in [0.15, 0.2) is 5.69 Å². The number of H-pyrrole nitrogens is 1. The first kappa shape index (κ1) is 26.4. The first-order valence-corrected chi connectivity index (χ1v) is 12.7. The number of amides is 1. The molecule has 0 unspecified atom stereocenters. The molecular formula is C27H19F3N4O3S2. The topological polar surface area (TPSA) is 110 Å². The molecule has 12 heteroatoms. The highest BCUT2D eigenvalue weighted by atomic mass is 32.2. The number of carbonyl (C=O) groups is 1. The Balaban J connectivity index is 1.56. The van der Waals surface area contributed by atoms with E-state index >= 15 is 0 Å². The summed E-state index contributed by atoms with van der Waals surface area (Å²) < 4.78 is 42.3. The summed E-state index contributed by atoms with van der Waals surface area (Å²) in [4.78, 5) is 14.9. The second-order valence-electron chi connectivity index (χ2n) is 8.83. The number of phenols is 1. The van der Waals surface area contributed by atoms with Crippen LogP contribution in [0.15, 0.2) is 63.7 Å². The van der Waals surface area contributed by atoms with Gasteiger partial charge in [0.1, 0.15) is 15.8 Å². The molecule has 1 amide bonds. The van der Waals surface area contributed by atoms with E-state index in [-0.39, 0.29) is 39.5 Å². The van der Waals surface area contributed by atoms with Crippen LogP contribution in [-0.4, -0.2) is 25.4 Å². The van der Waals surface area contributed by atoms with Crippen LogP contribution in [0.2, 0.25) is 0 Å². The third-order valence-electron chi connectivity index (χ3n) is 6.23. The van der Waals surface area contributed by atoms with Crippen LogP contribution in [0.1, 0.15) is 22.3 Å². The minimum Gasteiger partial charge on any atom is -0.506 e. The number of phenolic OH excluding ortho intramolecular Hbond substituents is 1. The molecule has 0 saturated carbocycles. The fraction of sp³-hybridized carbons (Fsp3) is 0.111. The van der Waals surface area contributed by atoms with E-state index in [0.717, 1.165) is 29.0 Å². The molecule has 198 valence electrons. The number of fused-ring (bicyclic) bond motifs is 1. The Morgan fingerprint density at radius 2 is 1.77 bits per heavy atom. The van der Waals surface area contributed by atoms with Gasteiger partial charge in [-0.05, 0) is 66.4 Å². The molecule has 0 atom stereocenters. The Morgan fingerprint density at radius 3 is 2.41 bits per heavy atom. The van der Waals surface area contributed by atoms with Crippen molar-refractivity contribution in [2.45, 2.75) is 20.0 Å². The van der Waals surface area contributed by atoms with Gasteiger partial charge in [-0.1, -0.05) is 48.2 Å². The number of rotatable bonds is 4. The van der Waals surface area contributed by atoms with Crippen molar-refractivity contribution >= 4 is 62.6 Å². The number of benzene rings is 3. The van der Waals surface area contributed by atoms with Gasteiger partial charge in [0, 0.05) is 10.9 Å². The molecule has 39 heavy (non-hydrogen) atoms. The van der Waals surface area contributed by atoms with Gasteiger partial charge in [-0.3, -0.25) is 4.79 Å². The predicted molar refractivity (Wildman–Crippen MR) is 148 cm³/mol. The molecule has 0 radical (unpaired) electrons. The summed E-state index contributed by atoms with van der Waals surface area (Å²) in [5.41, 5.74) is 1.63. The number of alkyl halides is 3. The minimum atomic E-state index is -4.64. The zero-order chi connectivity index (χ0) is 28.1. The van der Waals surface area contributed by atoms with E-state index in [0.29, 0.717) is 20.4 Å². The largest absolute Gasteiger partial charge is 0.506 e. The number of hydrogen-bond acceptors (Lipinski definition) is 7. The van der Waals surface area contributed by atoms with Crippen molar-refractivity contribution in [3.8, 4) is 22.8 Å². The van der Waals surface area contributed by atoms with Crippen LogP contribution in [0.3, 0.4) is 0 Å². The third-order valence-corrected chi connectivity index (χ3v) is 7.39. The van der Waals surface area contributed by atoms with Crippen LogP contribution < -0.4 is 5.32 Å². The normalized spacial score (nSPS) is 15.2. The SMILES string of the molecule is Cc1ccc(-c2c(C(F)(F)F)ccc3c(N=Nc4ccc(C=C5SC(=S)NC5=O)cc4O)c(O)[nH]c23)cc1C. The minimum absolute atomic E-state index is 0.0474. The second-order valence-corrected chi connectivity index (χ2v) is 10.5. The number of aromatic nitrogens is 1. The predicted octanol–water partition coefficient (Wildman–Crippen LogP) is 7.79. The van der Waals surface area contributed by atoms with Crippen LogP contribution in [-0.2, 0) is 11.0 Å². The number of halogens is 3. The lowest BCUT2D eigenvalue weighted by molar-refractivity contribution is -0.137. The maximum Gasteiger partial charge on any atom is 0.417 e. The van der Waals surface area contributed by atoms with Crippen LogP contribution >= 0.6 is 24.0 Å². The van der Waals surface area contributed by atoms with Crippen LogP contribution in [0.25, 0.3) is 28.1 Å². The molecule has 0 aliphatic carbocycles. The van der Waals surface area contributed by atoms with Crippen LogP contribution in [0, 0.1) is 13.8 Å². The summed E-state index contributed by atoms with van der Waals surface area (Å²) in [6.07, 6.45) is -3.09. The Kier molecular flexibility index (Phi) is 6.69. The second kappa shape index (κ2) is 9.86. The average Bonchev–Trinajstić information content (AvgIpc) is 3.35. The number of hydrogen-bond donors (Lipinski definition) is 4. The molecule has 1 aliphatic rings. The highest BCUT2D eigenvalue weighted by Crippen LogP contribution is 2.46. The highest BCUT2D eigenvalue weighted by Gasteiger charge is 2.35. The lowest BCUT2D eigenvalue weighted by atomic mass is 9.94. The molecule has 4 aromatic rings. The average molecular weight is 569 g/mol. The molecule has 3 aromatic carbocycles. The van der Waals surface area contributed by atoms with E-state index in [1.165, 1.54) is 18.2 Å². The Labute approximate surface area is 229 Å². The number of thioether (sulfide) groups is 1. The van der Waals surface area contributed by atoms with E-state index in [9.17, 15) is 28.2 Å². The number of aromatic amines is 1. The number of aromatic hydroxyl groups is 2. The van der Waals surface area contributed by atoms with Gasteiger partial charge in [-0.2, -0.15) is 13.2 Å². The third kappa shape index (κ3) is 5.12. The molecule has 5 rings (SSSR count). The van der Waals surface area contributed by atoms with E-state index in [1.54, 1.807) is 30.3 Å². The quantitative estimate of drug-likeness (QED) is 0.114.